The number of alkyl halides is 7. The molecule has 0 radical (unpaired) electrons. The van der Waals surface area contributed by atoms with Crippen LogP contribution < -0.4 is 0 Å². The van der Waals surface area contributed by atoms with Crippen LogP contribution in [-0.4, -0.2) is 0 Å². The predicted octanol–water partition coefficient (Wildman–Crippen LogP) is 6.36. The van der Waals surface area contributed by atoms with Crippen molar-refractivity contribution in [3.63, 3.8) is 0 Å². The third kappa shape index (κ3) is 6.30. The number of hydrogen-bond donors (Lipinski definition) is 0. The number of hydrogen-bond acceptors (Lipinski definition) is 2. The zero-order valence-electron chi connectivity index (χ0n) is 13.7. The smallest absolute Gasteiger partial charge is 0.192 e. The molecule has 0 N–H and O–H groups in total. The molecule has 0 aliphatic heterocycles. The van der Waals surface area contributed by atoms with Gasteiger partial charge in [0, 0.05) is 5.33 Å². The van der Waals surface area contributed by atoms with Crippen LogP contribution in [0, 0.1) is 29.6 Å². The highest BCUT2D eigenvalue weighted by atomic mass is 79.9. The molecular weight excluding hydrogens is 438 g/mol. The van der Waals surface area contributed by atoms with Crippen LogP contribution in [0.3, 0.4) is 0 Å². The Kier molecular flexibility index (Phi) is 7.44. The molecule has 0 bridgehead atoms. The Labute approximate surface area is 159 Å². The van der Waals surface area contributed by atoms with Gasteiger partial charge in [-0.1, -0.05) is 28.1 Å². The second-order valence-corrected chi connectivity index (χ2v) is 5.84. The summed E-state index contributed by atoms with van der Waals surface area (Å²) in [6.45, 7) is 1.64. The largest absolute Gasteiger partial charge is 0.417 e. The number of halogens is 7. The molecule has 0 spiro atoms. The van der Waals surface area contributed by atoms with E-state index in [4.69, 9.17) is 10.5 Å². The van der Waals surface area contributed by atoms with Gasteiger partial charge in [-0.2, -0.15) is 36.9 Å². The third-order valence-electron chi connectivity index (χ3n) is 3.27. The van der Waals surface area contributed by atoms with E-state index in [0.29, 0.717) is 16.5 Å². The van der Waals surface area contributed by atoms with Gasteiger partial charge in [-0.05, 0) is 42.3 Å². The Hall–Kier alpha value is -2.52. The van der Waals surface area contributed by atoms with Crippen molar-refractivity contribution in [3.8, 4) is 12.1 Å². The standard InChI is InChI=1S/C9H5BrF3N.C9H6F3N/c10-4-6-1-2-8(9(11,12)13)7(3-6)5-14;1-6-2-3-8(9(10,11)12)7(4-6)5-13/h1-3H,4H2;2-4H,1H3. The Balaban J connectivity index is 0.000000271. The molecule has 0 unspecified atom stereocenters. The van der Waals surface area contributed by atoms with E-state index in [1.807, 2.05) is 0 Å². The fourth-order valence-electron chi connectivity index (χ4n) is 2.01. The van der Waals surface area contributed by atoms with Gasteiger partial charge in [0.15, 0.2) is 0 Å². The van der Waals surface area contributed by atoms with Crippen molar-refractivity contribution in [2.24, 2.45) is 0 Å². The van der Waals surface area contributed by atoms with Gasteiger partial charge in [0.1, 0.15) is 0 Å². The van der Waals surface area contributed by atoms with Crippen molar-refractivity contribution in [3.05, 3.63) is 69.8 Å². The van der Waals surface area contributed by atoms with Crippen LogP contribution in [0.5, 0.6) is 0 Å². The highest BCUT2D eigenvalue weighted by molar-refractivity contribution is 9.08. The number of nitriles is 2. The second-order valence-electron chi connectivity index (χ2n) is 5.28. The lowest BCUT2D eigenvalue weighted by Gasteiger charge is -2.08. The number of aryl methyl sites for hydroxylation is 1. The van der Waals surface area contributed by atoms with Gasteiger partial charge in [0.25, 0.3) is 0 Å². The quantitative estimate of drug-likeness (QED) is 0.376. The summed E-state index contributed by atoms with van der Waals surface area (Å²) in [6, 6.07) is 10.1. The molecule has 0 amide bonds. The molecule has 0 atom stereocenters. The molecule has 0 saturated carbocycles. The van der Waals surface area contributed by atoms with E-state index in [-0.39, 0.29) is 11.1 Å². The van der Waals surface area contributed by atoms with Gasteiger partial charge in [-0.3, -0.25) is 0 Å². The van der Waals surface area contributed by atoms with Crippen LogP contribution in [0.25, 0.3) is 0 Å². The first kappa shape index (κ1) is 22.5. The van der Waals surface area contributed by atoms with Crippen molar-refractivity contribution in [2.45, 2.75) is 24.6 Å². The van der Waals surface area contributed by atoms with Gasteiger partial charge in [0.2, 0.25) is 0 Å². The Morgan fingerprint density at radius 1 is 0.815 bits per heavy atom. The molecule has 0 aliphatic carbocycles. The molecule has 0 saturated heterocycles. The number of nitrogens with zero attached hydrogens (tertiary/aromatic N) is 2. The van der Waals surface area contributed by atoms with Gasteiger partial charge >= 0.3 is 12.4 Å². The van der Waals surface area contributed by atoms with E-state index in [1.165, 1.54) is 36.4 Å². The topological polar surface area (TPSA) is 47.6 Å². The second kappa shape index (κ2) is 8.92. The summed E-state index contributed by atoms with van der Waals surface area (Å²) < 4.78 is 73.6. The van der Waals surface area contributed by atoms with Crippen LogP contribution in [0.4, 0.5) is 26.3 Å². The molecule has 0 fully saturated rings. The van der Waals surface area contributed by atoms with E-state index < -0.39 is 23.5 Å². The summed E-state index contributed by atoms with van der Waals surface area (Å²) >= 11 is 3.11. The summed E-state index contributed by atoms with van der Waals surface area (Å²) in [5.74, 6) is 0. The molecule has 0 aliphatic rings. The van der Waals surface area contributed by atoms with Crippen LogP contribution >= 0.6 is 15.9 Å². The van der Waals surface area contributed by atoms with Crippen LogP contribution in [0.2, 0.25) is 0 Å². The van der Waals surface area contributed by atoms with Crippen LogP contribution in [0.15, 0.2) is 36.4 Å². The fraction of sp³-hybridized carbons (Fsp3) is 0.222. The monoisotopic (exact) mass is 448 g/mol. The summed E-state index contributed by atoms with van der Waals surface area (Å²) in [6.07, 6.45) is -8.91. The minimum Gasteiger partial charge on any atom is -0.192 e. The molecule has 142 valence electrons. The molecular formula is C18H11BrF6N2. The minimum absolute atomic E-state index is 0.326. The Morgan fingerprint density at radius 2 is 1.26 bits per heavy atom. The van der Waals surface area contributed by atoms with Crippen LogP contribution in [-0.2, 0) is 17.7 Å². The maximum absolute atomic E-state index is 12.3. The predicted molar refractivity (Wildman–Crippen MR) is 89.7 cm³/mol. The molecule has 2 nitrogen and oxygen atoms in total. The third-order valence-corrected chi connectivity index (χ3v) is 3.91. The Bertz CT molecular complexity index is 889. The van der Waals surface area contributed by atoms with E-state index in [1.54, 1.807) is 6.92 Å². The SMILES string of the molecule is Cc1ccc(C(F)(F)F)c(C#N)c1.N#Cc1cc(CBr)ccc1C(F)(F)F. The summed E-state index contributed by atoms with van der Waals surface area (Å²) in [5, 5.41) is 17.4. The van der Waals surface area contributed by atoms with Gasteiger partial charge < -0.3 is 0 Å². The van der Waals surface area contributed by atoms with Crippen LogP contribution in [0.1, 0.15) is 33.4 Å². The molecule has 9 heteroatoms. The maximum Gasteiger partial charge on any atom is 0.417 e. The molecule has 0 heterocycles. The molecule has 2 aromatic carbocycles. The molecule has 2 rings (SSSR count). The Morgan fingerprint density at radius 3 is 1.67 bits per heavy atom. The minimum atomic E-state index is -4.46. The molecule has 0 aromatic heterocycles. The van der Waals surface area contributed by atoms with Gasteiger partial charge in [-0.15, -0.1) is 0 Å². The lowest BCUT2D eigenvalue weighted by Crippen LogP contribution is -2.07. The van der Waals surface area contributed by atoms with Crippen molar-refractivity contribution in [1.82, 2.24) is 0 Å². The van der Waals surface area contributed by atoms with Crippen molar-refractivity contribution >= 4 is 15.9 Å². The van der Waals surface area contributed by atoms with Crippen molar-refractivity contribution in [1.29, 1.82) is 10.5 Å². The maximum atomic E-state index is 12.3. The zero-order valence-corrected chi connectivity index (χ0v) is 15.3. The lowest BCUT2D eigenvalue weighted by molar-refractivity contribution is -0.138. The highest BCUT2D eigenvalue weighted by Gasteiger charge is 2.34. The van der Waals surface area contributed by atoms with E-state index in [2.05, 4.69) is 15.9 Å². The van der Waals surface area contributed by atoms with E-state index >= 15 is 0 Å². The molecule has 2 aromatic rings. The van der Waals surface area contributed by atoms with Gasteiger partial charge in [-0.25, -0.2) is 0 Å². The highest BCUT2D eigenvalue weighted by Crippen LogP contribution is 2.33. The van der Waals surface area contributed by atoms with Crippen molar-refractivity contribution < 1.29 is 26.3 Å². The summed E-state index contributed by atoms with van der Waals surface area (Å²) in [4.78, 5) is 0. The summed E-state index contributed by atoms with van der Waals surface area (Å²) in [5.41, 5.74) is -1.13. The normalized spacial score (nSPS) is 11.0. The van der Waals surface area contributed by atoms with Gasteiger partial charge in [0.05, 0.1) is 34.4 Å². The molecule has 27 heavy (non-hydrogen) atoms. The zero-order chi connectivity index (χ0) is 20.8. The first-order valence-electron chi connectivity index (χ1n) is 7.18. The summed E-state index contributed by atoms with van der Waals surface area (Å²) in [7, 11) is 0. The number of benzene rings is 2. The van der Waals surface area contributed by atoms with Crippen molar-refractivity contribution in [2.75, 3.05) is 0 Å². The first-order valence-corrected chi connectivity index (χ1v) is 8.30. The van der Waals surface area contributed by atoms with E-state index in [9.17, 15) is 26.3 Å². The average molecular weight is 449 g/mol. The first-order chi connectivity index (χ1) is 12.4. The average Bonchev–Trinajstić information content (AvgIpc) is 2.59. The van der Waals surface area contributed by atoms with E-state index in [0.717, 1.165) is 12.1 Å². The lowest BCUT2D eigenvalue weighted by atomic mass is 10.1. The number of rotatable bonds is 1. The fourth-order valence-corrected chi connectivity index (χ4v) is 2.36.